The van der Waals surface area contributed by atoms with Crippen molar-refractivity contribution in [2.75, 3.05) is 11.6 Å². The van der Waals surface area contributed by atoms with E-state index in [1.807, 2.05) is 4.72 Å². The van der Waals surface area contributed by atoms with E-state index >= 15 is 0 Å². The van der Waals surface area contributed by atoms with E-state index in [1.54, 1.807) is 0 Å². The monoisotopic (exact) mass is 294 g/mol. The molecule has 5 nitrogen and oxygen atoms in total. The summed E-state index contributed by atoms with van der Waals surface area (Å²) in [5.41, 5.74) is 5.85. The molecule has 2 N–H and O–H groups in total. The van der Waals surface area contributed by atoms with E-state index in [0.29, 0.717) is 0 Å². The molecule has 0 bridgehead atoms. The summed E-state index contributed by atoms with van der Waals surface area (Å²) in [5.74, 6) is 0. The molecule has 2 amide bonds. The zero-order valence-corrected chi connectivity index (χ0v) is 12.3. The van der Waals surface area contributed by atoms with Crippen LogP contribution in [-0.4, -0.2) is 20.7 Å². The van der Waals surface area contributed by atoms with Gasteiger partial charge < -0.3 is 5.32 Å². The number of hydrogen-bond donors (Lipinski definition) is 2. The van der Waals surface area contributed by atoms with E-state index in [1.165, 1.54) is 22.3 Å². The van der Waals surface area contributed by atoms with Crippen molar-refractivity contribution in [1.82, 2.24) is 4.72 Å². The van der Waals surface area contributed by atoms with Crippen molar-refractivity contribution in [3.05, 3.63) is 28.3 Å². The molecule has 1 aromatic carbocycles. The smallest absolute Gasteiger partial charge is 0.307 e. The van der Waals surface area contributed by atoms with Crippen LogP contribution < -0.4 is 10.0 Å². The summed E-state index contributed by atoms with van der Waals surface area (Å²) in [6.45, 7) is 0. The first-order valence-corrected chi connectivity index (χ1v) is 8.78. The number of nitrogens with one attached hydrogen (secondary N) is 2. The maximum Gasteiger partial charge on any atom is 0.332 e. The molecule has 0 atom stereocenters. The highest BCUT2D eigenvalue weighted by molar-refractivity contribution is 7.89. The molecule has 0 radical (unpaired) electrons. The molecular weight excluding hydrogens is 276 g/mol. The third-order valence-electron chi connectivity index (χ3n) is 3.99. The molecule has 2 aliphatic rings. The van der Waals surface area contributed by atoms with Gasteiger partial charge in [0.1, 0.15) is 0 Å². The topological polar surface area (TPSA) is 75.3 Å². The number of carbonyl (C=O) groups is 1. The Kier molecular flexibility index (Phi) is 3.20. The van der Waals surface area contributed by atoms with Gasteiger partial charge in [0.25, 0.3) is 0 Å². The van der Waals surface area contributed by atoms with Gasteiger partial charge in [0.05, 0.1) is 6.26 Å². The van der Waals surface area contributed by atoms with Crippen molar-refractivity contribution in [2.24, 2.45) is 0 Å². The van der Waals surface area contributed by atoms with Gasteiger partial charge in [-0.15, -0.1) is 0 Å². The van der Waals surface area contributed by atoms with E-state index in [2.05, 4.69) is 11.4 Å². The zero-order chi connectivity index (χ0) is 14.3. The minimum absolute atomic E-state index is 0.665. The second kappa shape index (κ2) is 4.77. The largest absolute Gasteiger partial charge is 0.332 e. The highest BCUT2D eigenvalue weighted by Gasteiger charge is 2.25. The number of urea groups is 1. The van der Waals surface area contributed by atoms with Gasteiger partial charge >= 0.3 is 6.03 Å². The molecule has 0 aliphatic heterocycles. The number of carbonyl (C=O) groups excluding carboxylic acids is 1. The number of amides is 2. The molecule has 0 saturated carbocycles. The third-order valence-corrected chi connectivity index (χ3v) is 4.55. The van der Waals surface area contributed by atoms with E-state index in [0.717, 1.165) is 50.5 Å². The molecule has 1 aromatic rings. The van der Waals surface area contributed by atoms with E-state index < -0.39 is 16.1 Å². The van der Waals surface area contributed by atoms with Crippen molar-refractivity contribution in [2.45, 2.75) is 38.5 Å². The van der Waals surface area contributed by atoms with Gasteiger partial charge in [-0.05, 0) is 60.8 Å². The maximum atomic E-state index is 11.8. The van der Waals surface area contributed by atoms with Gasteiger partial charge in [0.2, 0.25) is 10.0 Å². The lowest BCUT2D eigenvalue weighted by Crippen LogP contribution is -2.34. The summed E-state index contributed by atoms with van der Waals surface area (Å²) >= 11 is 0. The Morgan fingerprint density at radius 2 is 1.60 bits per heavy atom. The molecule has 0 fully saturated rings. The third kappa shape index (κ3) is 2.52. The molecule has 3 rings (SSSR count). The Morgan fingerprint density at radius 1 is 1.05 bits per heavy atom. The molecule has 0 aromatic heterocycles. The predicted octanol–water partition coefficient (Wildman–Crippen LogP) is 1.75. The molecule has 0 saturated heterocycles. The minimum Gasteiger partial charge on any atom is -0.307 e. The van der Waals surface area contributed by atoms with Gasteiger partial charge in [0.15, 0.2) is 0 Å². The highest BCUT2D eigenvalue weighted by atomic mass is 32.2. The van der Waals surface area contributed by atoms with Crippen LogP contribution in [0.2, 0.25) is 0 Å². The number of rotatable bonds is 2. The van der Waals surface area contributed by atoms with Crippen LogP contribution in [0.5, 0.6) is 0 Å². The van der Waals surface area contributed by atoms with E-state index in [-0.39, 0.29) is 0 Å². The number of sulfonamides is 1. The SMILES string of the molecule is CS(=O)(=O)NC(=O)Nc1c2c(cc3c1CCC3)CCC2. The molecule has 0 unspecified atom stereocenters. The number of anilines is 1. The Bertz CT molecular complexity index is 648. The lowest BCUT2D eigenvalue weighted by atomic mass is 9.99. The summed E-state index contributed by atoms with van der Waals surface area (Å²) in [7, 11) is -3.53. The minimum atomic E-state index is -3.53. The maximum absolute atomic E-state index is 11.8. The Hall–Kier alpha value is -1.56. The lowest BCUT2D eigenvalue weighted by Gasteiger charge is -2.16. The van der Waals surface area contributed by atoms with Crippen LogP contribution in [-0.2, 0) is 35.7 Å². The Morgan fingerprint density at radius 3 is 2.10 bits per heavy atom. The summed E-state index contributed by atoms with van der Waals surface area (Å²) in [4.78, 5) is 11.8. The van der Waals surface area contributed by atoms with Crippen LogP contribution in [0.4, 0.5) is 10.5 Å². The second-order valence-electron chi connectivity index (χ2n) is 5.56. The molecule has 0 heterocycles. The normalized spacial score (nSPS) is 16.6. The van der Waals surface area contributed by atoms with Crippen LogP contribution in [0.3, 0.4) is 0 Å². The van der Waals surface area contributed by atoms with Crippen molar-refractivity contribution >= 4 is 21.7 Å². The van der Waals surface area contributed by atoms with Gasteiger partial charge in [-0.1, -0.05) is 6.07 Å². The van der Waals surface area contributed by atoms with Crippen LogP contribution in [0, 0.1) is 0 Å². The number of benzene rings is 1. The molecule has 20 heavy (non-hydrogen) atoms. The van der Waals surface area contributed by atoms with Gasteiger partial charge in [-0.3, -0.25) is 0 Å². The quantitative estimate of drug-likeness (QED) is 0.872. The first-order valence-electron chi connectivity index (χ1n) is 6.89. The highest BCUT2D eigenvalue weighted by Crippen LogP contribution is 2.38. The molecule has 0 spiro atoms. The Labute approximate surface area is 118 Å². The molecule has 2 aliphatic carbocycles. The van der Waals surface area contributed by atoms with Gasteiger partial charge in [-0.2, -0.15) is 0 Å². The fourth-order valence-corrected chi connectivity index (χ4v) is 3.66. The standard InChI is InChI=1S/C14H18N2O3S/c1-20(18,19)16-14(17)15-13-11-6-2-4-9(11)8-10-5-3-7-12(10)13/h8H,2-7H2,1H3,(H2,15,16,17). The zero-order valence-electron chi connectivity index (χ0n) is 11.5. The summed E-state index contributed by atoms with van der Waals surface area (Å²) in [5, 5.41) is 2.77. The van der Waals surface area contributed by atoms with Crippen LogP contribution >= 0.6 is 0 Å². The van der Waals surface area contributed by atoms with Crippen molar-refractivity contribution in [1.29, 1.82) is 0 Å². The summed E-state index contributed by atoms with van der Waals surface area (Å²) < 4.78 is 24.2. The summed E-state index contributed by atoms with van der Waals surface area (Å²) in [6.07, 6.45) is 7.18. The lowest BCUT2D eigenvalue weighted by molar-refractivity contribution is 0.256. The van der Waals surface area contributed by atoms with Crippen LogP contribution in [0.15, 0.2) is 6.07 Å². The Balaban J connectivity index is 1.95. The number of aryl methyl sites for hydroxylation is 2. The van der Waals surface area contributed by atoms with Crippen molar-refractivity contribution < 1.29 is 13.2 Å². The molecule has 108 valence electrons. The van der Waals surface area contributed by atoms with E-state index in [4.69, 9.17) is 0 Å². The average molecular weight is 294 g/mol. The van der Waals surface area contributed by atoms with Crippen molar-refractivity contribution in [3.63, 3.8) is 0 Å². The van der Waals surface area contributed by atoms with Crippen LogP contribution in [0.25, 0.3) is 0 Å². The first-order chi connectivity index (χ1) is 9.44. The average Bonchev–Trinajstić information content (AvgIpc) is 2.93. The fourth-order valence-electron chi connectivity index (χ4n) is 3.27. The summed E-state index contributed by atoms with van der Waals surface area (Å²) in [6, 6.07) is 1.60. The molecular formula is C14H18N2O3S. The number of hydrogen-bond acceptors (Lipinski definition) is 3. The van der Waals surface area contributed by atoms with Gasteiger partial charge in [-0.25, -0.2) is 17.9 Å². The molecule has 6 heteroatoms. The van der Waals surface area contributed by atoms with Gasteiger partial charge in [0, 0.05) is 5.69 Å². The van der Waals surface area contributed by atoms with Crippen LogP contribution in [0.1, 0.15) is 35.1 Å². The van der Waals surface area contributed by atoms with E-state index in [9.17, 15) is 13.2 Å². The van der Waals surface area contributed by atoms with Crippen molar-refractivity contribution in [3.8, 4) is 0 Å². The fraction of sp³-hybridized carbons (Fsp3) is 0.500. The predicted molar refractivity (Wildman–Crippen MR) is 77.5 cm³/mol. The number of fused-ring (bicyclic) bond motifs is 2. The second-order valence-corrected chi connectivity index (χ2v) is 7.31. The first kappa shape index (κ1) is 13.4.